The monoisotopic (exact) mass is 283 g/mol. The molecule has 21 heavy (non-hydrogen) atoms. The van der Waals surface area contributed by atoms with Crippen LogP contribution in [0.5, 0.6) is 0 Å². The Morgan fingerprint density at radius 3 is 2.81 bits per heavy atom. The van der Waals surface area contributed by atoms with Gasteiger partial charge in [0.15, 0.2) is 5.58 Å². The Bertz CT molecular complexity index is 839. The minimum Gasteiger partial charge on any atom is -0.478 e. The fraction of sp³-hybridized carbons (Fsp3) is 0.200. The average Bonchev–Trinajstić information content (AvgIpc) is 2.89. The highest BCUT2D eigenvalue weighted by atomic mass is 16.4. The molecular formula is C15H13N3O3. The topological polar surface area (TPSA) is 89.1 Å². The smallest absolute Gasteiger partial charge is 0.335 e. The van der Waals surface area contributed by atoms with Crippen molar-refractivity contribution in [2.24, 2.45) is 0 Å². The van der Waals surface area contributed by atoms with Crippen molar-refractivity contribution in [3.05, 3.63) is 41.2 Å². The lowest BCUT2D eigenvalue weighted by Gasteiger charge is -2.02. The van der Waals surface area contributed by atoms with E-state index < -0.39 is 5.97 Å². The Morgan fingerprint density at radius 1 is 1.29 bits per heavy atom. The fourth-order valence-corrected chi connectivity index (χ4v) is 2.13. The number of fused-ring (bicyclic) bond motifs is 1. The largest absolute Gasteiger partial charge is 0.478 e. The molecule has 0 atom stereocenters. The van der Waals surface area contributed by atoms with E-state index in [2.05, 4.69) is 15.2 Å². The summed E-state index contributed by atoms with van der Waals surface area (Å²) in [6.45, 7) is 3.83. The number of hydrogen-bond acceptors (Lipinski definition) is 5. The van der Waals surface area contributed by atoms with Crippen LogP contribution in [0, 0.1) is 6.92 Å². The van der Waals surface area contributed by atoms with E-state index in [1.165, 1.54) is 12.1 Å². The number of nitrogens with zero attached hydrogens (tertiary/aromatic N) is 3. The highest BCUT2D eigenvalue weighted by molar-refractivity contribution is 5.92. The third kappa shape index (κ3) is 2.35. The molecule has 0 fully saturated rings. The molecule has 0 radical (unpaired) electrons. The molecule has 106 valence electrons. The summed E-state index contributed by atoms with van der Waals surface area (Å²) in [5, 5.41) is 17.2. The molecule has 1 N–H and O–H groups in total. The van der Waals surface area contributed by atoms with Gasteiger partial charge < -0.3 is 9.52 Å². The lowest BCUT2D eigenvalue weighted by molar-refractivity contribution is 0.0697. The van der Waals surface area contributed by atoms with E-state index in [0.717, 1.165) is 17.0 Å². The van der Waals surface area contributed by atoms with Crippen LogP contribution in [-0.2, 0) is 6.42 Å². The minimum absolute atomic E-state index is 0.171. The summed E-state index contributed by atoms with van der Waals surface area (Å²) >= 11 is 0. The summed E-state index contributed by atoms with van der Waals surface area (Å²) < 4.78 is 5.70. The van der Waals surface area contributed by atoms with Crippen molar-refractivity contribution in [3.63, 3.8) is 0 Å². The Morgan fingerprint density at radius 2 is 2.10 bits per heavy atom. The number of hydrogen-bond donors (Lipinski definition) is 1. The van der Waals surface area contributed by atoms with Crippen LogP contribution < -0.4 is 0 Å². The fourth-order valence-electron chi connectivity index (χ4n) is 2.13. The van der Waals surface area contributed by atoms with Gasteiger partial charge in [-0.05, 0) is 37.6 Å². The van der Waals surface area contributed by atoms with E-state index in [0.29, 0.717) is 23.4 Å². The first-order valence-electron chi connectivity index (χ1n) is 6.56. The standard InChI is InChI=1S/C15H13N3O3/c1-3-11-10(6-8(2)17-18-11)14-16-12-5-4-9(15(19)20)7-13(12)21-14/h4-7H,3H2,1-2H3,(H,19,20). The molecule has 0 aliphatic rings. The molecule has 3 rings (SSSR count). The van der Waals surface area contributed by atoms with Crippen molar-refractivity contribution >= 4 is 17.1 Å². The SMILES string of the molecule is CCc1nnc(C)cc1-c1nc2ccc(C(=O)O)cc2o1. The van der Waals surface area contributed by atoms with Gasteiger partial charge in [-0.15, -0.1) is 0 Å². The molecule has 0 amide bonds. The van der Waals surface area contributed by atoms with Gasteiger partial charge >= 0.3 is 5.97 Å². The van der Waals surface area contributed by atoms with Crippen LogP contribution in [0.4, 0.5) is 0 Å². The van der Waals surface area contributed by atoms with Crippen molar-refractivity contribution < 1.29 is 14.3 Å². The van der Waals surface area contributed by atoms with Gasteiger partial charge in [-0.25, -0.2) is 9.78 Å². The molecule has 6 heteroatoms. The van der Waals surface area contributed by atoms with Crippen molar-refractivity contribution in [1.82, 2.24) is 15.2 Å². The van der Waals surface area contributed by atoms with E-state index in [1.54, 1.807) is 6.07 Å². The normalized spacial score (nSPS) is 11.0. The predicted molar refractivity (Wildman–Crippen MR) is 76.1 cm³/mol. The Hall–Kier alpha value is -2.76. The second-order valence-corrected chi connectivity index (χ2v) is 4.71. The van der Waals surface area contributed by atoms with Gasteiger partial charge in [-0.3, -0.25) is 0 Å². The summed E-state index contributed by atoms with van der Waals surface area (Å²) in [6.07, 6.45) is 0.710. The van der Waals surface area contributed by atoms with Crippen LogP contribution in [0.3, 0.4) is 0 Å². The van der Waals surface area contributed by atoms with Crippen molar-refractivity contribution in [1.29, 1.82) is 0 Å². The summed E-state index contributed by atoms with van der Waals surface area (Å²) in [7, 11) is 0. The molecule has 0 bridgehead atoms. The number of oxazole rings is 1. The number of carboxylic acids is 1. The van der Waals surface area contributed by atoms with E-state index in [1.807, 2.05) is 19.9 Å². The van der Waals surface area contributed by atoms with Crippen LogP contribution in [-0.4, -0.2) is 26.3 Å². The maximum absolute atomic E-state index is 11.0. The Labute approximate surface area is 120 Å². The van der Waals surface area contributed by atoms with E-state index >= 15 is 0 Å². The molecular weight excluding hydrogens is 270 g/mol. The van der Waals surface area contributed by atoms with Gasteiger partial charge in [-0.2, -0.15) is 10.2 Å². The van der Waals surface area contributed by atoms with Gasteiger partial charge in [0.1, 0.15) is 5.52 Å². The Kier molecular flexibility index (Phi) is 3.13. The zero-order chi connectivity index (χ0) is 15.0. The zero-order valence-corrected chi connectivity index (χ0v) is 11.6. The van der Waals surface area contributed by atoms with Crippen LogP contribution >= 0.6 is 0 Å². The molecule has 3 aromatic rings. The Balaban J connectivity index is 2.17. The quantitative estimate of drug-likeness (QED) is 0.795. The third-order valence-corrected chi connectivity index (χ3v) is 3.19. The average molecular weight is 283 g/mol. The molecule has 0 aliphatic heterocycles. The van der Waals surface area contributed by atoms with Crippen molar-refractivity contribution in [3.8, 4) is 11.5 Å². The molecule has 0 unspecified atom stereocenters. The van der Waals surface area contributed by atoms with Gasteiger partial charge in [0.25, 0.3) is 0 Å². The molecule has 2 heterocycles. The number of carbonyl (C=O) groups is 1. The number of aryl methyl sites for hydroxylation is 2. The predicted octanol–water partition coefficient (Wildman–Crippen LogP) is 2.85. The molecule has 0 spiro atoms. The van der Waals surface area contributed by atoms with E-state index in [4.69, 9.17) is 9.52 Å². The summed E-state index contributed by atoms with van der Waals surface area (Å²) in [5.74, 6) is -0.562. The maximum atomic E-state index is 11.0. The first-order valence-corrected chi connectivity index (χ1v) is 6.56. The highest BCUT2D eigenvalue weighted by Crippen LogP contribution is 2.27. The van der Waals surface area contributed by atoms with Gasteiger partial charge in [0, 0.05) is 0 Å². The van der Waals surface area contributed by atoms with Crippen LogP contribution in [0.2, 0.25) is 0 Å². The first kappa shape index (κ1) is 13.2. The molecule has 6 nitrogen and oxygen atoms in total. The highest BCUT2D eigenvalue weighted by Gasteiger charge is 2.15. The summed E-state index contributed by atoms with van der Waals surface area (Å²) in [5.41, 5.74) is 3.59. The third-order valence-electron chi connectivity index (χ3n) is 3.19. The molecule has 2 aromatic heterocycles. The first-order chi connectivity index (χ1) is 10.1. The summed E-state index contributed by atoms with van der Waals surface area (Å²) in [6, 6.07) is 6.49. The van der Waals surface area contributed by atoms with Gasteiger partial charge in [-0.1, -0.05) is 6.92 Å². The van der Waals surface area contributed by atoms with E-state index in [-0.39, 0.29) is 5.56 Å². The van der Waals surface area contributed by atoms with Gasteiger partial charge in [0.05, 0.1) is 22.5 Å². The molecule has 0 saturated heterocycles. The van der Waals surface area contributed by atoms with Crippen LogP contribution in [0.1, 0.15) is 28.7 Å². The summed E-state index contributed by atoms with van der Waals surface area (Å²) in [4.78, 5) is 15.4. The van der Waals surface area contributed by atoms with Crippen LogP contribution in [0.25, 0.3) is 22.6 Å². The molecule has 0 saturated carbocycles. The lowest BCUT2D eigenvalue weighted by atomic mass is 10.1. The van der Waals surface area contributed by atoms with Crippen molar-refractivity contribution in [2.45, 2.75) is 20.3 Å². The number of aromatic carboxylic acids is 1. The second-order valence-electron chi connectivity index (χ2n) is 4.71. The maximum Gasteiger partial charge on any atom is 0.335 e. The number of rotatable bonds is 3. The van der Waals surface area contributed by atoms with Crippen molar-refractivity contribution in [2.75, 3.05) is 0 Å². The van der Waals surface area contributed by atoms with Crippen LogP contribution in [0.15, 0.2) is 28.7 Å². The second kappa shape index (κ2) is 4.97. The lowest BCUT2D eigenvalue weighted by Crippen LogP contribution is -1.97. The minimum atomic E-state index is -0.995. The molecule has 1 aromatic carbocycles. The zero-order valence-electron chi connectivity index (χ0n) is 11.6. The van der Waals surface area contributed by atoms with E-state index in [9.17, 15) is 4.79 Å². The van der Waals surface area contributed by atoms with Gasteiger partial charge in [0.2, 0.25) is 5.89 Å². The number of aromatic nitrogens is 3. The number of benzene rings is 1. The number of carboxylic acid groups (broad SMARTS) is 1. The molecule has 0 aliphatic carbocycles.